The molecule has 0 heterocycles. The summed E-state index contributed by atoms with van der Waals surface area (Å²) in [5.74, 6) is 0.722. The van der Waals surface area contributed by atoms with Gasteiger partial charge in [0.15, 0.2) is 0 Å². The Balaban J connectivity index is 2.35. The van der Waals surface area contributed by atoms with Gasteiger partial charge in [-0.05, 0) is 43.1 Å². The van der Waals surface area contributed by atoms with Crippen molar-refractivity contribution in [3.63, 3.8) is 0 Å². The lowest BCUT2D eigenvalue weighted by Gasteiger charge is -2.20. The summed E-state index contributed by atoms with van der Waals surface area (Å²) in [7, 11) is 1.76. The molecule has 1 aromatic rings. The van der Waals surface area contributed by atoms with E-state index >= 15 is 0 Å². The molecule has 0 aliphatic heterocycles. The summed E-state index contributed by atoms with van der Waals surface area (Å²) in [6, 6.07) is 9.04. The molecule has 0 aromatic heterocycles. The molecule has 21 heavy (non-hydrogen) atoms. The predicted octanol–water partition coefficient (Wildman–Crippen LogP) is 2.94. The van der Waals surface area contributed by atoms with Gasteiger partial charge in [-0.15, -0.1) is 0 Å². The zero-order valence-electron chi connectivity index (χ0n) is 14.2. The zero-order chi connectivity index (χ0) is 15.5. The smallest absolute Gasteiger partial charge is 0.0589 e. The molecule has 0 saturated heterocycles. The average Bonchev–Trinajstić information content (AvgIpc) is 2.49. The summed E-state index contributed by atoms with van der Waals surface area (Å²) in [6.07, 6.45) is 1.11. The van der Waals surface area contributed by atoms with Gasteiger partial charge in [0.1, 0.15) is 0 Å². The molecule has 0 aliphatic carbocycles. The number of hydrogen-bond acceptors (Lipinski definition) is 3. The van der Waals surface area contributed by atoms with Gasteiger partial charge < -0.3 is 10.1 Å². The lowest BCUT2D eigenvalue weighted by molar-refractivity contribution is 0.147. The van der Waals surface area contributed by atoms with E-state index in [4.69, 9.17) is 4.74 Å². The second-order valence-corrected chi connectivity index (χ2v) is 6.03. The quantitative estimate of drug-likeness (QED) is 0.635. The molecule has 0 unspecified atom stereocenters. The molecule has 3 nitrogen and oxygen atoms in total. The Morgan fingerprint density at radius 2 is 1.81 bits per heavy atom. The Morgan fingerprint density at radius 1 is 1.14 bits per heavy atom. The van der Waals surface area contributed by atoms with Crippen LogP contribution in [-0.2, 0) is 17.7 Å². The molecule has 1 N–H and O–H groups in total. The molecular formula is C18H32N2O. The van der Waals surface area contributed by atoms with E-state index in [1.165, 1.54) is 11.1 Å². The predicted molar refractivity (Wildman–Crippen MR) is 90.7 cm³/mol. The van der Waals surface area contributed by atoms with E-state index in [9.17, 15) is 0 Å². The lowest BCUT2D eigenvalue weighted by Crippen LogP contribution is -2.26. The van der Waals surface area contributed by atoms with Crippen molar-refractivity contribution in [1.29, 1.82) is 0 Å². The van der Waals surface area contributed by atoms with Gasteiger partial charge in [-0.2, -0.15) is 0 Å². The summed E-state index contributed by atoms with van der Waals surface area (Å²) in [6.45, 7) is 12.7. The van der Waals surface area contributed by atoms with Gasteiger partial charge in [0.2, 0.25) is 0 Å². The van der Waals surface area contributed by atoms with E-state index in [2.05, 4.69) is 55.3 Å². The van der Waals surface area contributed by atoms with Crippen LogP contribution in [0.5, 0.6) is 0 Å². The molecule has 0 spiro atoms. The first-order chi connectivity index (χ1) is 10.2. The van der Waals surface area contributed by atoms with Crippen molar-refractivity contribution >= 4 is 0 Å². The normalized spacial score (nSPS) is 11.5. The minimum Gasteiger partial charge on any atom is -0.383 e. The minimum absolute atomic E-state index is 0.722. The summed E-state index contributed by atoms with van der Waals surface area (Å²) >= 11 is 0. The number of methoxy groups -OCH3 is 1. The van der Waals surface area contributed by atoms with Gasteiger partial charge in [-0.3, -0.25) is 4.90 Å². The summed E-state index contributed by atoms with van der Waals surface area (Å²) in [4.78, 5) is 2.41. The Labute approximate surface area is 130 Å². The molecule has 0 fully saturated rings. The topological polar surface area (TPSA) is 24.5 Å². The Bertz CT molecular complexity index is 362. The van der Waals surface area contributed by atoms with Crippen molar-refractivity contribution in [2.75, 3.05) is 39.9 Å². The number of hydrogen-bond donors (Lipinski definition) is 1. The van der Waals surface area contributed by atoms with Gasteiger partial charge in [0.25, 0.3) is 0 Å². The highest BCUT2D eigenvalue weighted by molar-refractivity contribution is 5.22. The number of likely N-dealkylation sites (N-methyl/N-ethyl adjacent to an activating group) is 1. The molecule has 0 amide bonds. The zero-order valence-corrected chi connectivity index (χ0v) is 14.2. The second-order valence-electron chi connectivity index (χ2n) is 6.03. The fourth-order valence-corrected chi connectivity index (χ4v) is 2.26. The van der Waals surface area contributed by atoms with Crippen molar-refractivity contribution in [1.82, 2.24) is 10.2 Å². The van der Waals surface area contributed by atoms with Crippen LogP contribution in [0.25, 0.3) is 0 Å². The van der Waals surface area contributed by atoms with E-state index in [-0.39, 0.29) is 0 Å². The molecule has 0 atom stereocenters. The third-order valence-electron chi connectivity index (χ3n) is 3.63. The van der Waals surface area contributed by atoms with E-state index < -0.39 is 0 Å². The molecule has 3 heteroatoms. The first-order valence-electron chi connectivity index (χ1n) is 8.15. The SMILES string of the molecule is CCN(CCOC)Cc1ccc(CCNCC(C)C)cc1. The summed E-state index contributed by atoms with van der Waals surface area (Å²) in [5, 5.41) is 3.49. The van der Waals surface area contributed by atoms with Crippen molar-refractivity contribution in [2.24, 2.45) is 5.92 Å². The summed E-state index contributed by atoms with van der Waals surface area (Å²) < 4.78 is 5.15. The number of nitrogens with one attached hydrogen (secondary N) is 1. The van der Waals surface area contributed by atoms with Crippen LogP contribution >= 0.6 is 0 Å². The number of benzene rings is 1. The third kappa shape index (κ3) is 8.20. The van der Waals surface area contributed by atoms with Crippen LogP contribution in [0.2, 0.25) is 0 Å². The maximum atomic E-state index is 5.15. The first-order valence-corrected chi connectivity index (χ1v) is 8.15. The highest BCUT2D eigenvalue weighted by atomic mass is 16.5. The maximum Gasteiger partial charge on any atom is 0.0589 e. The molecule has 1 rings (SSSR count). The lowest BCUT2D eigenvalue weighted by atomic mass is 10.1. The van der Waals surface area contributed by atoms with Gasteiger partial charge >= 0.3 is 0 Å². The van der Waals surface area contributed by atoms with E-state index in [0.717, 1.165) is 51.7 Å². The number of rotatable bonds is 11. The highest BCUT2D eigenvalue weighted by Crippen LogP contribution is 2.08. The van der Waals surface area contributed by atoms with Crippen LogP contribution in [0.1, 0.15) is 31.9 Å². The molecule has 1 aromatic carbocycles. The Morgan fingerprint density at radius 3 is 2.38 bits per heavy atom. The standard InChI is InChI=1S/C18H32N2O/c1-5-20(12-13-21-4)15-18-8-6-17(7-9-18)10-11-19-14-16(2)3/h6-9,16,19H,5,10-15H2,1-4H3. The molecule has 0 saturated carbocycles. The van der Waals surface area contributed by atoms with Crippen molar-refractivity contribution in [2.45, 2.75) is 33.7 Å². The molecule has 0 bridgehead atoms. The fraction of sp³-hybridized carbons (Fsp3) is 0.667. The largest absolute Gasteiger partial charge is 0.383 e. The van der Waals surface area contributed by atoms with Gasteiger partial charge in [-0.1, -0.05) is 45.0 Å². The van der Waals surface area contributed by atoms with Crippen molar-refractivity contribution < 1.29 is 4.74 Å². The fourth-order valence-electron chi connectivity index (χ4n) is 2.26. The van der Waals surface area contributed by atoms with Crippen LogP contribution < -0.4 is 5.32 Å². The molecule has 120 valence electrons. The van der Waals surface area contributed by atoms with Crippen LogP contribution in [0.15, 0.2) is 24.3 Å². The Kier molecular flexibility index (Phi) is 9.31. The van der Waals surface area contributed by atoms with E-state index in [1.54, 1.807) is 7.11 Å². The second kappa shape index (κ2) is 10.8. The number of ether oxygens (including phenoxy) is 1. The van der Waals surface area contributed by atoms with Gasteiger partial charge in [0, 0.05) is 20.2 Å². The van der Waals surface area contributed by atoms with Crippen LogP contribution in [0, 0.1) is 5.92 Å². The monoisotopic (exact) mass is 292 g/mol. The van der Waals surface area contributed by atoms with Gasteiger partial charge in [0.05, 0.1) is 6.61 Å². The molecule has 0 aliphatic rings. The highest BCUT2D eigenvalue weighted by Gasteiger charge is 2.03. The van der Waals surface area contributed by atoms with Gasteiger partial charge in [-0.25, -0.2) is 0 Å². The summed E-state index contributed by atoms with van der Waals surface area (Å²) in [5.41, 5.74) is 2.79. The minimum atomic E-state index is 0.722. The van der Waals surface area contributed by atoms with Crippen molar-refractivity contribution in [3.05, 3.63) is 35.4 Å². The first kappa shape index (κ1) is 18.1. The maximum absolute atomic E-state index is 5.15. The van der Waals surface area contributed by atoms with Crippen LogP contribution in [0.3, 0.4) is 0 Å². The number of nitrogens with zero attached hydrogens (tertiary/aromatic N) is 1. The van der Waals surface area contributed by atoms with Crippen molar-refractivity contribution in [3.8, 4) is 0 Å². The third-order valence-corrected chi connectivity index (χ3v) is 3.63. The van der Waals surface area contributed by atoms with E-state index in [1.807, 2.05) is 0 Å². The average molecular weight is 292 g/mol. The van der Waals surface area contributed by atoms with Crippen LogP contribution in [-0.4, -0.2) is 44.8 Å². The van der Waals surface area contributed by atoms with E-state index in [0.29, 0.717) is 0 Å². The molecular weight excluding hydrogens is 260 g/mol. The molecule has 0 radical (unpaired) electrons. The Hall–Kier alpha value is -0.900. The van der Waals surface area contributed by atoms with Crippen LogP contribution in [0.4, 0.5) is 0 Å².